The molecule has 4 heteroatoms. The highest BCUT2D eigenvalue weighted by atomic mass is 16.7. The third-order valence-electron chi connectivity index (χ3n) is 7.25. The van der Waals surface area contributed by atoms with Gasteiger partial charge in [0, 0.05) is 19.3 Å². The van der Waals surface area contributed by atoms with Crippen LogP contribution < -0.4 is 9.47 Å². The Balaban J connectivity index is 1.31. The molecule has 2 aliphatic heterocycles. The van der Waals surface area contributed by atoms with Crippen LogP contribution in [-0.4, -0.2) is 37.0 Å². The number of hydrogen-bond donors (Lipinski definition) is 0. The van der Waals surface area contributed by atoms with Gasteiger partial charge in [-0.25, -0.2) is 0 Å². The summed E-state index contributed by atoms with van der Waals surface area (Å²) in [6, 6.07) is 22.8. The zero-order chi connectivity index (χ0) is 23.5. The van der Waals surface area contributed by atoms with E-state index >= 15 is 0 Å². The topological polar surface area (TPSA) is 34.1 Å². The van der Waals surface area contributed by atoms with Crippen molar-refractivity contribution in [3.05, 3.63) is 94.0 Å². The Morgan fingerprint density at radius 2 is 1.62 bits per heavy atom. The van der Waals surface area contributed by atoms with Crippen LogP contribution in [0.4, 0.5) is 0 Å². The van der Waals surface area contributed by atoms with Crippen molar-refractivity contribution < 1.29 is 9.47 Å². The average Bonchev–Trinajstić information content (AvgIpc) is 3.34. The summed E-state index contributed by atoms with van der Waals surface area (Å²) < 4.78 is 10.9. The number of hydrogen-bond acceptors (Lipinski definition) is 4. The van der Waals surface area contributed by atoms with E-state index < -0.39 is 0 Å². The van der Waals surface area contributed by atoms with Gasteiger partial charge in [0.2, 0.25) is 6.79 Å². The molecular formula is C30H34N2O2. The molecule has 3 aromatic carbocycles. The molecule has 0 N–H and O–H groups in total. The van der Waals surface area contributed by atoms with Crippen LogP contribution in [-0.2, 0) is 6.42 Å². The van der Waals surface area contributed by atoms with Crippen molar-refractivity contribution in [2.45, 2.75) is 52.1 Å². The van der Waals surface area contributed by atoms with E-state index in [1.54, 1.807) is 0 Å². The van der Waals surface area contributed by atoms with E-state index in [1.807, 2.05) is 24.4 Å². The van der Waals surface area contributed by atoms with E-state index in [0.29, 0.717) is 12.8 Å². The van der Waals surface area contributed by atoms with E-state index in [1.165, 1.54) is 27.8 Å². The van der Waals surface area contributed by atoms with Gasteiger partial charge in [0.15, 0.2) is 11.5 Å². The second-order valence-electron chi connectivity index (χ2n) is 9.50. The van der Waals surface area contributed by atoms with Crippen LogP contribution in [0.2, 0.25) is 0 Å². The number of piperidine rings is 1. The number of nitrogens with zero attached hydrogens (tertiary/aromatic N) is 2. The molecule has 1 saturated heterocycles. The summed E-state index contributed by atoms with van der Waals surface area (Å²) in [4.78, 5) is 7.56. The van der Waals surface area contributed by atoms with Gasteiger partial charge in [-0.1, -0.05) is 49.4 Å². The fraction of sp³-hybridized carbons (Fsp3) is 0.367. The number of likely N-dealkylation sites (tertiary alicyclic amines) is 1. The third kappa shape index (κ3) is 4.88. The van der Waals surface area contributed by atoms with Gasteiger partial charge in [-0.3, -0.25) is 9.89 Å². The van der Waals surface area contributed by atoms with Gasteiger partial charge in [-0.2, -0.15) is 0 Å². The molecule has 4 nitrogen and oxygen atoms in total. The molecule has 5 rings (SSSR count). The van der Waals surface area contributed by atoms with E-state index in [9.17, 15) is 0 Å². The molecule has 0 saturated carbocycles. The van der Waals surface area contributed by atoms with E-state index in [0.717, 1.165) is 49.4 Å². The lowest BCUT2D eigenvalue weighted by molar-refractivity contribution is 0.174. The van der Waals surface area contributed by atoms with Crippen molar-refractivity contribution in [3.63, 3.8) is 0 Å². The molecule has 0 aliphatic carbocycles. The van der Waals surface area contributed by atoms with Gasteiger partial charge >= 0.3 is 0 Å². The Kier molecular flexibility index (Phi) is 6.68. The Morgan fingerprint density at radius 3 is 2.35 bits per heavy atom. The summed E-state index contributed by atoms with van der Waals surface area (Å²) in [6.45, 7) is 9.00. The molecule has 1 atom stereocenters. The first-order valence-corrected chi connectivity index (χ1v) is 12.4. The smallest absolute Gasteiger partial charge is 0.231 e. The molecule has 2 aliphatic rings. The minimum atomic E-state index is 0.281. The molecule has 0 radical (unpaired) electrons. The molecule has 0 aromatic heterocycles. The first-order valence-electron chi connectivity index (χ1n) is 12.4. The van der Waals surface area contributed by atoms with Crippen molar-refractivity contribution in [1.29, 1.82) is 0 Å². The summed E-state index contributed by atoms with van der Waals surface area (Å²) in [5.41, 5.74) is 7.92. The number of ether oxygens (including phenoxy) is 2. The Morgan fingerprint density at radius 1 is 0.882 bits per heavy atom. The minimum Gasteiger partial charge on any atom is -0.454 e. The maximum absolute atomic E-state index is 5.50. The number of benzene rings is 3. The van der Waals surface area contributed by atoms with Gasteiger partial charge in [-0.05, 0) is 84.7 Å². The average molecular weight is 455 g/mol. The largest absolute Gasteiger partial charge is 0.454 e. The lowest BCUT2D eigenvalue weighted by Crippen LogP contribution is -2.38. The number of fused-ring (bicyclic) bond motifs is 1. The maximum Gasteiger partial charge on any atom is 0.231 e. The van der Waals surface area contributed by atoms with Crippen LogP contribution >= 0.6 is 0 Å². The standard InChI is InChI=1S/C30H34N2O2/c1-4-23-6-10-25(11-7-23)30(26-9-5-21(2)22(3)17-26)32-15-13-27(14-16-32)31-19-24-8-12-28-29(18-24)34-20-33-28/h5-12,17-19,27,30H,4,13-16,20H2,1-3H3. The van der Waals surface area contributed by atoms with Crippen molar-refractivity contribution in [2.24, 2.45) is 4.99 Å². The summed E-state index contributed by atoms with van der Waals surface area (Å²) in [6.07, 6.45) is 5.19. The predicted octanol–water partition coefficient (Wildman–Crippen LogP) is 6.27. The lowest BCUT2D eigenvalue weighted by Gasteiger charge is -2.37. The molecule has 176 valence electrons. The highest BCUT2D eigenvalue weighted by Gasteiger charge is 2.27. The van der Waals surface area contributed by atoms with Gasteiger partial charge in [0.25, 0.3) is 0 Å². The zero-order valence-electron chi connectivity index (χ0n) is 20.5. The second-order valence-corrected chi connectivity index (χ2v) is 9.50. The second kappa shape index (κ2) is 10.0. The molecule has 34 heavy (non-hydrogen) atoms. The van der Waals surface area contributed by atoms with Crippen LogP contribution in [0, 0.1) is 13.8 Å². The fourth-order valence-electron chi connectivity index (χ4n) is 4.96. The predicted molar refractivity (Wildman–Crippen MR) is 138 cm³/mol. The minimum absolute atomic E-state index is 0.281. The summed E-state index contributed by atoms with van der Waals surface area (Å²) in [7, 11) is 0. The fourth-order valence-corrected chi connectivity index (χ4v) is 4.96. The van der Waals surface area contributed by atoms with Crippen LogP contribution in [0.1, 0.15) is 59.2 Å². The number of aliphatic imine (C=N–C) groups is 1. The van der Waals surface area contributed by atoms with Crippen LogP contribution in [0.3, 0.4) is 0 Å². The van der Waals surface area contributed by atoms with E-state index in [4.69, 9.17) is 14.5 Å². The van der Waals surface area contributed by atoms with E-state index in [2.05, 4.69) is 68.1 Å². The quantitative estimate of drug-likeness (QED) is 0.412. The van der Waals surface area contributed by atoms with Crippen molar-refractivity contribution >= 4 is 6.21 Å². The van der Waals surface area contributed by atoms with Crippen LogP contribution in [0.25, 0.3) is 0 Å². The Bertz CT molecular complexity index is 1160. The normalized spacial score (nSPS) is 17.4. The lowest BCUT2D eigenvalue weighted by atomic mass is 9.91. The van der Waals surface area contributed by atoms with Crippen LogP contribution in [0.5, 0.6) is 11.5 Å². The van der Waals surface area contributed by atoms with Crippen LogP contribution in [0.15, 0.2) is 65.7 Å². The highest BCUT2D eigenvalue weighted by Crippen LogP contribution is 2.34. The Hall–Kier alpha value is -3.11. The van der Waals surface area contributed by atoms with E-state index in [-0.39, 0.29) is 6.04 Å². The third-order valence-corrected chi connectivity index (χ3v) is 7.25. The molecule has 1 fully saturated rings. The number of rotatable bonds is 6. The molecule has 1 unspecified atom stereocenters. The molecule has 0 amide bonds. The van der Waals surface area contributed by atoms with Gasteiger partial charge in [0.1, 0.15) is 0 Å². The summed E-state index contributed by atoms with van der Waals surface area (Å²) in [5.74, 6) is 1.62. The van der Waals surface area contributed by atoms with Crippen molar-refractivity contribution in [1.82, 2.24) is 4.90 Å². The Labute approximate surface area is 203 Å². The van der Waals surface area contributed by atoms with Gasteiger partial charge in [0.05, 0.1) is 12.1 Å². The van der Waals surface area contributed by atoms with Gasteiger partial charge < -0.3 is 9.47 Å². The van der Waals surface area contributed by atoms with Gasteiger partial charge in [-0.15, -0.1) is 0 Å². The molecule has 0 spiro atoms. The molecule has 2 heterocycles. The zero-order valence-corrected chi connectivity index (χ0v) is 20.5. The number of aryl methyl sites for hydroxylation is 3. The summed E-state index contributed by atoms with van der Waals surface area (Å²) in [5, 5.41) is 0. The van der Waals surface area contributed by atoms with Crippen molar-refractivity contribution in [2.75, 3.05) is 19.9 Å². The van der Waals surface area contributed by atoms with Crippen molar-refractivity contribution in [3.8, 4) is 11.5 Å². The molecular weight excluding hydrogens is 420 g/mol. The highest BCUT2D eigenvalue weighted by molar-refractivity contribution is 5.81. The maximum atomic E-state index is 5.50. The first-order chi connectivity index (χ1) is 16.6. The first kappa shape index (κ1) is 22.7. The molecule has 0 bridgehead atoms. The SMILES string of the molecule is CCc1ccc(C(c2ccc(C)c(C)c2)N2CCC(N=Cc3ccc4c(c3)OCO4)CC2)cc1. The molecule has 3 aromatic rings. The monoisotopic (exact) mass is 454 g/mol. The summed E-state index contributed by atoms with van der Waals surface area (Å²) >= 11 is 0.